The summed E-state index contributed by atoms with van der Waals surface area (Å²) in [6.07, 6.45) is 0. The number of nitrogens with one attached hydrogen (secondary N) is 1. The molecule has 1 unspecified atom stereocenters. The molecule has 19 heavy (non-hydrogen) atoms. The van der Waals surface area contributed by atoms with E-state index in [0.29, 0.717) is 6.61 Å². The third-order valence-corrected chi connectivity index (χ3v) is 3.53. The van der Waals surface area contributed by atoms with Crippen molar-refractivity contribution in [2.24, 2.45) is 0 Å². The Labute approximate surface area is 122 Å². The van der Waals surface area contributed by atoms with Crippen molar-refractivity contribution < 1.29 is 4.74 Å². The molecule has 2 rings (SSSR count). The molecule has 3 heteroatoms. The second-order valence-corrected chi connectivity index (χ2v) is 5.43. The summed E-state index contributed by atoms with van der Waals surface area (Å²) in [5, 5.41) is 3.54. The molecule has 0 amide bonds. The Balaban J connectivity index is 2.16. The number of ether oxygens (including phenoxy) is 1. The topological polar surface area (TPSA) is 21.3 Å². The van der Waals surface area contributed by atoms with Crippen LogP contribution in [0.25, 0.3) is 0 Å². The highest BCUT2D eigenvalue weighted by Gasteiger charge is 2.08. The highest BCUT2D eigenvalue weighted by molar-refractivity contribution is 9.10. The summed E-state index contributed by atoms with van der Waals surface area (Å²) in [4.78, 5) is 0. The third-order valence-electron chi connectivity index (χ3n) is 3.04. The minimum atomic E-state index is 0.246. The number of benzene rings is 2. The molecule has 1 N–H and O–H groups in total. The smallest absolute Gasteiger partial charge is 0.0733 e. The second-order valence-electron chi connectivity index (χ2n) is 4.51. The van der Waals surface area contributed by atoms with Gasteiger partial charge in [-0.3, -0.25) is 0 Å². The van der Waals surface area contributed by atoms with Crippen molar-refractivity contribution in [3.63, 3.8) is 0 Å². The van der Waals surface area contributed by atoms with E-state index in [2.05, 4.69) is 58.5 Å². The number of hydrogen-bond donors (Lipinski definition) is 1. The van der Waals surface area contributed by atoms with Crippen LogP contribution < -0.4 is 5.32 Å². The third kappa shape index (κ3) is 3.82. The predicted octanol–water partition coefficient (Wildman–Crippen LogP) is 4.77. The van der Waals surface area contributed by atoms with E-state index in [4.69, 9.17) is 4.74 Å². The first-order chi connectivity index (χ1) is 9.20. The van der Waals surface area contributed by atoms with Crippen LogP contribution in [0.1, 0.15) is 24.1 Å². The summed E-state index contributed by atoms with van der Waals surface area (Å²) in [6, 6.07) is 16.8. The van der Waals surface area contributed by atoms with Crippen LogP contribution in [0.4, 0.5) is 5.69 Å². The lowest BCUT2D eigenvalue weighted by molar-refractivity contribution is 0.185. The summed E-state index contributed by atoms with van der Waals surface area (Å²) in [7, 11) is 1.72. The lowest BCUT2D eigenvalue weighted by Crippen LogP contribution is -2.08. The van der Waals surface area contributed by atoms with Gasteiger partial charge in [-0.15, -0.1) is 0 Å². The van der Waals surface area contributed by atoms with E-state index >= 15 is 0 Å². The van der Waals surface area contributed by atoms with Gasteiger partial charge in [0.1, 0.15) is 0 Å². The van der Waals surface area contributed by atoms with Crippen LogP contribution in [0.2, 0.25) is 0 Å². The first kappa shape index (κ1) is 14.1. The van der Waals surface area contributed by atoms with Crippen molar-refractivity contribution in [2.75, 3.05) is 12.4 Å². The standard InChI is InChI=1S/C16H18BrNO/c1-12(13-7-5-8-15(17)10-13)18-16-9-4-3-6-14(16)11-19-2/h3-10,12,18H,11H2,1-2H3. The number of para-hydroxylation sites is 1. The fourth-order valence-electron chi connectivity index (χ4n) is 2.04. The van der Waals surface area contributed by atoms with Crippen molar-refractivity contribution in [2.45, 2.75) is 19.6 Å². The molecular weight excluding hydrogens is 302 g/mol. The fourth-order valence-corrected chi connectivity index (χ4v) is 2.45. The molecule has 0 aliphatic heterocycles. The Morgan fingerprint density at radius 1 is 1.16 bits per heavy atom. The Morgan fingerprint density at radius 3 is 2.68 bits per heavy atom. The molecule has 2 aromatic carbocycles. The molecular formula is C16H18BrNO. The van der Waals surface area contributed by atoms with Gasteiger partial charge >= 0.3 is 0 Å². The Kier molecular flexibility index (Phi) is 5.00. The average Bonchev–Trinajstić information content (AvgIpc) is 2.41. The van der Waals surface area contributed by atoms with Crippen molar-refractivity contribution >= 4 is 21.6 Å². The Morgan fingerprint density at radius 2 is 1.95 bits per heavy atom. The van der Waals surface area contributed by atoms with Crippen LogP contribution in [0.15, 0.2) is 53.0 Å². The van der Waals surface area contributed by atoms with Crippen LogP contribution in [0.5, 0.6) is 0 Å². The first-order valence-corrected chi connectivity index (χ1v) is 7.09. The van der Waals surface area contributed by atoms with E-state index in [1.807, 2.05) is 18.2 Å². The summed E-state index contributed by atoms with van der Waals surface area (Å²) in [5.41, 5.74) is 3.55. The molecule has 0 aromatic heterocycles. The highest BCUT2D eigenvalue weighted by Crippen LogP contribution is 2.24. The summed E-state index contributed by atoms with van der Waals surface area (Å²) in [5.74, 6) is 0. The van der Waals surface area contributed by atoms with Crippen LogP contribution in [-0.4, -0.2) is 7.11 Å². The summed E-state index contributed by atoms with van der Waals surface area (Å²) >= 11 is 3.51. The molecule has 0 saturated carbocycles. The maximum absolute atomic E-state index is 5.23. The van der Waals surface area contributed by atoms with Gasteiger partial charge < -0.3 is 10.1 Å². The number of rotatable bonds is 5. The number of anilines is 1. The minimum Gasteiger partial charge on any atom is -0.380 e. The van der Waals surface area contributed by atoms with Crippen LogP contribution in [-0.2, 0) is 11.3 Å². The minimum absolute atomic E-state index is 0.246. The molecule has 0 aliphatic rings. The van der Waals surface area contributed by atoms with Crippen LogP contribution >= 0.6 is 15.9 Å². The van der Waals surface area contributed by atoms with E-state index in [1.165, 1.54) is 11.1 Å². The molecule has 0 bridgehead atoms. The maximum atomic E-state index is 5.23. The normalized spacial score (nSPS) is 12.2. The molecule has 0 radical (unpaired) electrons. The van der Waals surface area contributed by atoms with Gasteiger partial charge in [-0.2, -0.15) is 0 Å². The van der Waals surface area contributed by atoms with Gasteiger partial charge in [0.2, 0.25) is 0 Å². The zero-order valence-corrected chi connectivity index (χ0v) is 12.8. The number of halogens is 1. The molecule has 0 aliphatic carbocycles. The van der Waals surface area contributed by atoms with Crippen molar-refractivity contribution in [1.29, 1.82) is 0 Å². The largest absolute Gasteiger partial charge is 0.380 e. The van der Waals surface area contributed by atoms with E-state index in [-0.39, 0.29) is 6.04 Å². The van der Waals surface area contributed by atoms with E-state index in [9.17, 15) is 0 Å². The number of hydrogen-bond acceptors (Lipinski definition) is 2. The Bertz CT molecular complexity index is 542. The molecule has 0 saturated heterocycles. The van der Waals surface area contributed by atoms with Crippen molar-refractivity contribution in [1.82, 2.24) is 0 Å². The molecule has 0 spiro atoms. The predicted molar refractivity (Wildman–Crippen MR) is 83.3 cm³/mol. The monoisotopic (exact) mass is 319 g/mol. The van der Waals surface area contributed by atoms with Crippen LogP contribution in [0.3, 0.4) is 0 Å². The lowest BCUT2D eigenvalue weighted by Gasteiger charge is -2.18. The van der Waals surface area contributed by atoms with Crippen LogP contribution in [0, 0.1) is 0 Å². The highest BCUT2D eigenvalue weighted by atomic mass is 79.9. The van der Waals surface area contributed by atoms with Gasteiger partial charge in [-0.25, -0.2) is 0 Å². The molecule has 2 aromatic rings. The van der Waals surface area contributed by atoms with Gasteiger partial charge in [0, 0.05) is 28.9 Å². The second kappa shape index (κ2) is 6.73. The fraction of sp³-hybridized carbons (Fsp3) is 0.250. The van der Waals surface area contributed by atoms with Crippen molar-refractivity contribution in [3.8, 4) is 0 Å². The van der Waals surface area contributed by atoms with E-state index < -0.39 is 0 Å². The molecule has 100 valence electrons. The summed E-state index contributed by atoms with van der Waals surface area (Å²) in [6.45, 7) is 2.78. The first-order valence-electron chi connectivity index (χ1n) is 6.29. The zero-order chi connectivity index (χ0) is 13.7. The SMILES string of the molecule is COCc1ccccc1NC(C)c1cccc(Br)c1. The average molecular weight is 320 g/mol. The van der Waals surface area contributed by atoms with Crippen molar-refractivity contribution in [3.05, 3.63) is 64.1 Å². The maximum Gasteiger partial charge on any atom is 0.0733 e. The number of methoxy groups -OCH3 is 1. The van der Waals surface area contributed by atoms with Gasteiger partial charge in [0.15, 0.2) is 0 Å². The summed E-state index contributed by atoms with van der Waals surface area (Å²) < 4.78 is 6.33. The lowest BCUT2D eigenvalue weighted by atomic mass is 10.1. The van der Waals surface area contributed by atoms with Gasteiger partial charge in [-0.05, 0) is 30.7 Å². The quantitative estimate of drug-likeness (QED) is 0.857. The van der Waals surface area contributed by atoms with E-state index in [1.54, 1.807) is 7.11 Å². The van der Waals surface area contributed by atoms with E-state index in [0.717, 1.165) is 10.2 Å². The molecule has 0 heterocycles. The van der Waals surface area contributed by atoms with Gasteiger partial charge in [0.25, 0.3) is 0 Å². The Hall–Kier alpha value is -1.32. The zero-order valence-electron chi connectivity index (χ0n) is 11.2. The molecule has 2 nitrogen and oxygen atoms in total. The van der Waals surface area contributed by atoms with Gasteiger partial charge in [-0.1, -0.05) is 46.3 Å². The molecule has 1 atom stereocenters. The molecule has 0 fully saturated rings. The van der Waals surface area contributed by atoms with Gasteiger partial charge in [0.05, 0.1) is 6.61 Å².